The largest absolute Gasteiger partial charge is 0.748 e. The maximum atomic E-state index is 9.95. The van der Waals surface area contributed by atoms with E-state index >= 15 is 0 Å². The van der Waals surface area contributed by atoms with Crippen LogP contribution >= 0.6 is 0 Å². The molecule has 0 spiro atoms. The summed E-state index contributed by atoms with van der Waals surface area (Å²) in [6, 6.07) is 0. The lowest BCUT2D eigenvalue weighted by Crippen LogP contribution is -3.12. The van der Waals surface area contributed by atoms with Crippen molar-refractivity contribution in [3.05, 3.63) is 0 Å². The van der Waals surface area contributed by atoms with Gasteiger partial charge >= 0.3 is 0 Å². The van der Waals surface area contributed by atoms with Gasteiger partial charge in [0.1, 0.15) is 0 Å². The first-order valence-electron chi connectivity index (χ1n) is 9.18. The SMILES string of the molecule is CCCCCS(=O)(=O)[O-].CCCC[NH+](CCCC)CCCC. The van der Waals surface area contributed by atoms with Crippen molar-refractivity contribution in [3.63, 3.8) is 0 Å². The third-order valence-corrected chi connectivity index (χ3v) is 4.44. The molecule has 0 amide bonds. The van der Waals surface area contributed by atoms with E-state index in [0.29, 0.717) is 6.42 Å². The molecule has 0 saturated heterocycles. The summed E-state index contributed by atoms with van der Waals surface area (Å²) in [6.45, 7) is 13.0. The molecule has 136 valence electrons. The van der Waals surface area contributed by atoms with Crippen molar-refractivity contribution in [1.29, 1.82) is 0 Å². The predicted octanol–water partition coefficient (Wildman–Crippen LogP) is 2.99. The molecule has 0 rings (SSSR count). The molecule has 0 aromatic carbocycles. The van der Waals surface area contributed by atoms with Gasteiger partial charge in [-0.15, -0.1) is 0 Å². The van der Waals surface area contributed by atoms with Crippen LogP contribution in [0, 0.1) is 0 Å². The number of quaternary nitrogens is 1. The summed E-state index contributed by atoms with van der Waals surface area (Å²) in [4.78, 5) is 1.84. The zero-order chi connectivity index (χ0) is 17.3. The van der Waals surface area contributed by atoms with E-state index in [-0.39, 0.29) is 5.75 Å². The standard InChI is InChI=1S/C12H27N.C5H12O3S/c1-4-7-10-13(11-8-5-2)12-9-6-3;1-2-3-4-5-9(6,7)8/h4-12H2,1-3H3;2-5H2,1H3,(H,6,7,8). The Labute approximate surface area is 139 Å². The first-order chi connectivity index (χ1) is 10.4. The normalized spacial score (nSPS) is 11.4. The second-order valence-electron chi connectivity index (χ2n) is 6.03. The molecule has 0 aliphatic rings. The average Bonchev–Trinajstić information content (AvgIpc) is 2.46. The zero-order valence-corrected chi connectivity index (χ0v) is 16.1. The molecule has 0 aliphatic carbocycles. The third-order valence-electron chi connectivity index (χ3n) is 3.65. The molecule has 1 N–H and O–H groups in total. The molecular formula is C17H39NO3S. The quantitative estimate of drug-likeness (QED) is 0.415. The van der Waals surface area contributed by atoms with E-state index in [2.05, 4.69) is 20.8 Å². The average molecular weight is 338 g/mol. The molecule has 0 unspecified atom stereocenters. The van der Waals surface area contributed by atoms with Crippen LogP contribution in [0.1, 0.15) is 85.5 Å². The highest BCUT2D eigenvalue weighted by Crippen LogP contribution is 1.96. The van der Waals surface area contributed by atoms with Gasteiger partial charge in [-0.1, -0.05) is 59.8 Å². The van der Waals surface area contributed by atoms with Crippen LogP contribution in [-0.2, 0) is 10.1 Å². The second-order valence-corrected chi connectivity index (χ2v) is 7.55. The molecule has 22 heavy (non-hydrogen) atoms. The van der Waals surface area contributed by atoms with Crippen LogP contribution in [0.15, 0.2) is 0 Å². The second kappa shape index (κ2) is 17.2. The zero-order valence-electron chi connectivity index (χ0n) is 15.3. The maximum absolute atomic E-state index is 9.95. The topological polar surface area (TPSA) is 61.6 Å². The van der Waals surface area contributed by atoms with Gasteiger partial charge in [0.05, 0.1) is 29.8 Å². The lowest BCUT2D eigenvalue weighted by atomic mass is 10.2. The van der Waals surface area contributed by atoms with Gasteiger partial charge in [-0.25, -0.2) is 8.42 Å². The highest BCUT2D eigenvalue weighted by molar-refractivity contribution is 7.85. The lowest BCUT2D eigenvalue weighted by molar-refractivity contribution is -0.900. The first-order valence-corrected chi connectivity index (χ1v) is 10.8. The van der Waals surface area contributed by atoms with Crippen molar-refractivity contribution in [2.45, 2.75) is 85.5 Å². The van der Waals surface area contributed by atoms with E-state index in [4.69, 9.17) is 0 Å². The van der Waals surface area contributed by atoms with Crippen LogP contribution in [-0.4, -0.2) is 38.4 Å². The van der Waals surface area contributed by atoms with Crippen molar-refractivity contribution in [1.82, 2.24) is 0 Å². The van der Waals surface area contributed by atoms with Gasteiger partial charge in [-0.2, -0.15) is 0 Å². The van der Waals surface area contributed by atoms with Crippen molar-refractivity contribution in [2.75, 3.05) is 25.4 Å². The lowest BCUT2D eigenvalue weighted by Gasteiger charge is -2.18. The molecule has 5 heteroatoms. The van der Waals surface area contributed by atoms with Crippen molar-refractivity contribution in [3.8, 4) is 0 Å². The molecular weight excluding hydrogens is 298 g/mol. The van der Waals surface area contributed by atoms with Crippen molar-refractivity contribution < 1.29 is 17.9 Å². The summed E-state index contributed by atoms with van der Waals surface area (Å²) in [7, 11) is -3.95. The fourth-order valence-corrected chi connectivity index (χ4v) is 2.74. The summed E-state index contributed by atoms with van der Waals surface area (Å²) >= 11 is 0. The van der Waals surface area contributed by atoms with Gasteiger partial charge in [0.25, 0.3) is 0 Å². The van der Waals surface area contributed by atoms with Gasteiger partial charge in [-0.05, 0) is 25.7 Å². The Kier molecular flexibility index (Phi) is 18.9. The molecule has 0 fully saturated rings. The summed E-state index contributed by atoms with van der Waals surface area (Å²) in [6.07, 6.45) is 10.5. The Hall–Kier alpha value is -0.130. The van der Waals surface area contributed by atoms with Crippen LogP contribution in [0.3, 0.4) is 0 Å². The highest BCUT2D eigenvalue weighted by Gasteiger charge is 2.05. The van der Waals surface area contributed by atoms with Gasteiger partial charge in [0.15, 0.2) is 0 Å². The van der Waals surface area contributed by atoms with E-state index in [1.807, 2.05) is 11.8 Å². The minimum atomic E-state index is -3.95. The molecule has 0 saturated carbocycles. The van der Waals surface area contributed by atoms with Gasteiger partial charge in [-0.3, -0.25) is 0 Å². The number of rotatable bonds is 13. The number of nitrogens with one attached hydrogen (secondary N) is 1. The van der Waals surface area contributed by atoms with E-state index in [1.54, 1.807) is 0 Å². The number of unbranched alkanes of at least 4 members (excludes halogenated alkanes) is 5. The monoisotopic (exact) mass is 337 g/mol. The summed E-state index contributed by atoms with van der Waals surface area (Å²) in [5, 5.41) is 0. The summed E-state index contributed by atoms with van der Waals surface area (Å²) < 4.78 is 29.9. The Bertz CT molecular complexity index is 286. The van der Waals surface area contributed by atoms with Crippen LogP contribution < -0.4 is 4.90 Å². The molecule has 0 radical (unpaired) electrons. The number of hydrogen-bond donors (Lipinski definition) is 1. The van der Waals surface area contributed by atoms with Crippen molar-refractivity contribution >= 4 is 10.1 Å². The predicted molar refractivity (Wildman–Crippen MR) is 94.4 cm³/mol. The van der Waals surface area contributed by atoms with E-state index < -0.39 is 10.1 Å². The minimum Gasteiger partial charge on any atom is -0.748 e. The Balaban J connectivity index is 0. The van der Waals surface area contributed by atoms with Crippen LogP contribution in [0.2, 0.25) is 0 Å². The fourth-order valence-electron chi connectivity index (χ4n) is 2.18. The number of hydrogen-bond acceptors (Lipinski definition) is 3. The molecule has 0 heterocycles. The first kappa shape index (κ1) is 24.1. The Morgan fingerprint density at radius 2 is 1.05 bits per heavy atom. The third kappa shape index (κ3) is 22.2. The van der Waals surface area contributed by atoms with Crippen LogP contribution in [0.4, 0.5) is 0 Å². The van der Waals surface area contributed by atoms with Gasteiger partial charge in [0, 0.05) is 5.75 Å². The smallest absolute Gasteiger partial charge is 0.0945 e. The van der Waals surface area contributed by atoms with E-state index in [9.17, 15) is 13.0 Å². The Morgan fingerprint density at radius 3 is 1.32 bits per heavy atom. The molecule has 0 bridgehead atoms. The summed E-state index contributed by atoms with van der Waals surface area (Å²) in [5.74, 6) is -0.208. The fraction of sp³-hybridized carbons (Fsp3) is 1.00. The molecule has 0 atom stereocenters. The van der Waals surface area contributed by atoms with Crippen LogP contribution in [0.5, 0.6) is 0 Å². The van der Waals surface area contributed by atoms with E-state index in [1.165, 1.54) is 58.2 Å². The van der Waals surface area contributed by atoms with Gasteiger partial charge < -0.3 is 9.45 Å². The molecule has 4 nitrogen and oxygen atoms in total. The minimum absolute atomic E-state index is 0.208. The highest BCUT2D eigenvalue weighted by atomic mass is 32.2. The van der Waals surface area contributed by atoms with E-state index in [0.717, 1.165) is 12.8 Å². The maximum Gasteiger partial charge on any atom is 0.0945 e. The van der Waals surface area contributed by atoms with Crippen molar-refractivity contribution in [2.24, 2.45) is 0 Å². The Morgan fingerprint density at radius 1 is 0.682 bits per heavy atom. The molecule has 0 aromatic heterocycles. The summed E-state index contributed by atoms with van der Waals surface area (Å²) in [5.41, 5.74) is 0. The molecule has 0 aromatic rings. The van der Waals surface area contributed by atoms with Crippen LogP contribution in [0.25, 0.3) is 0 Å². The van der Waals surface area contributed by atoms with Gasteiger partial charge in [0.2, 0.25) is 0 Å². The molecule has 0 aliphatic heterocycles.